The average Bonchev–Trinajstić information content (AvgIpc) is 3.46. The third-order valence-electron chi connectivity index (χ3n) is 5.80. The van der Waals surface area contributed by atoms with Crippen LogP contribution in [-0.4, -0.2) is 37.0 Å². The Balaban J connectivity index is 1.67. The van der Waals surface area contributed by atoms with E-state index in [-0.39, 0.29) is 6.10 Å². The zero-order valence-corrected chi connectivity index (χ0v) is 18.1. The number of nitrogens with one attached hydrogen (secondary N) is 1. The number of amides is 1. The highest BCUT2D eigenvalue weighted by Crippen LogP contribution is 2.30. The molecule has 2 aromatic carbocycles. The number of esters is 1. The van der Waals surface area contributed by atoms with E-state index in [2.05, 4.69) is 5.32 Å². The molecule has 0 unspecified atom stereocenters. The average molecular weight is 440 g/mol. The third-order valence-corrected chi connectivity index (χ3v) is 5.80. The molecule has 1 N–H and O–H groups in total. The molecule has 1 amide bonds. The van der Waals surface area contributed by atoms with Crippen LogP contribution in [0.5, 0.6) is 5.75 Å². The molecule has 0 spiro atoms. The molecule has 1 heterocycles. The number of fused-ring (bicyclic) bond motifs is 1. The van der Waals surface area contributed by atoms with E-state index in [4.69, 9.17) is 18.3 Å². The Labute approximate surface area is 191 Å². The van der Waals surface area contributed by atoms with Crippen LogP contribution in [0.1, 0.15) is 51.3 Å². The molecule has 1 saturated carbocycles. The number of nitrogens with zero attached hydrogens (tertiary/aromatic N) is 1. The van der Waals surface area contributed by atoms with Crippen molar-refractivity contribution in [3.8, 4) is 5.75 Å². The molecule has 0 radical (unpaired) electrons. The zero-order chi connectivity index (χ0) is 25.2. The Morgan fingerprint density at radius 2 is 1.94 bits per heavy atom. The summed E-state index contributed by atoms with van der Waals surface area (Å²) in [5, 5.41) is 3.44. The first-order valence-electron chi connectivity index (χ1n) is 12.1. The largest absolute Gasteiger partial charge is 0.496 e. The van der Waals surface area contributed by atoms with Gasteiger partial charge < -0.3 is 18.8 Å². The molecular weight excluding hydrogens is 408 g/mol. The number of aryl methyl sites for hydroxylation is 1. The highest BCUT2D eigenvalue weighted by molar-refractivity contribution is 5.92. The SMILES string of the molecule is [2H]C([2H])([2H])n1cc(Cc2ccc(C(=O)OC)cc2OC)c2cc(NC(=O)OC3CCCC3)ccc21. The first-order chi connectivity index (χ1) is 16.7. The number of benzene rings is 2. The summed E-state index contributed by atoms with van der Waals surface area (Å²) in [5.74, 6) is 0.00571. The van der Waals surface area contributed by atoms with E-state index in [0.29, 0.717) is 34.3 Å². The molecule has 1 aliphatic carbocycles. The normalized spacial score (nSPS) is 15.6. The molecule has 0 aliphatic heterocycles. The van der Waals surface area contributed by atoms with Crippen LogP contribution in [0.2, 0.25) is 0 Å². The second-order valence-electron chi connectivity index (χ2n) is 7.89. The maximum Gasteiger partial charge on any atom is 0.411 e. The van der Waals surface area contributed by atoms with Crippen molar-refractivity contribution in [3.63, 3.8) is 0 Å². The van der Waals surface area contributed by atoms with Crippen molar-refractivity contribution in [3.05, 3.63) is 59.3 Å². The summed E-state index contributed by atoms with van der Waals surface area (Å²) in [4.78, 5) is 24.2. The van der Waals surface area contributed by atoms with Crippen molar-refractivity contribution in [1.29, 1.82) is 0 Å². The number of anilines is 1. The van der Waals surface area contributed by atoms with Gasteiger partial charge in [-0.3, -0.25) is 5.32 Å². The molecule has 1 fully saturated rings. The molecular formula is C25H28N2O5. The molecule has 32 heavy (non-hydrogen) atoms. The monoisotopic (exact) mass is 439 g/mol. The fourth-order valence-electron chi connectivity index (χ4n) is 4.16. The van der Waals surface area contributed by atoms with Crippen molar-refractivity contribution >= 4 is 28.7 Å². The zero-order valence-electron chi connectivity index (χ0n) is 21.1. The minimum atomic E-state index is -2.38. The van der Waals surface area contributed by atoms with Gasteiger partial charge in [0, 0.05) is 40.3 Å². The highest BCUT2D eigenvalue weighted by atomic mass is 16.6. The minimum absolute atomic E-state index is 0.0636. The maximum atomic E-state index is 12.4. The van der Waals surface area contributed by atoms with Crippen LogP contribution < -0.4 is 10.1 Å². The molecule has 4 rings (SSSR count). The van der Waals surface area contributed by atoms with Gasteiger partial charge >= 0.3 is 12.1 Å². The Hall–Kier alpha value is -3.48. The van der Waals surface area contributed by atoms with E-state index in [1.54, 1.807) is 42.6 Å². The number of ether oxygens (including phenoxy) is 3. The fourth-order valence-corrected chi connectivity index (χ4v) is 4.16. The summed E-state index contributed by atoms with van der Waals surface area (Å²) in [7, 11) is 2.81. The van der Waals surface area contributed by atoms with Crippen LogP contribution >= 0.6 is 0 Å². The third kappa shape index (κ3) is 4.56. The van der Waals surface area contributed by atoms with Crippen molar-refractivity contribution in [2.75, 3.05) is 19.5 Å². The lowest BCUT2D eigenvalue weighted by Crippen LogP contribution is -2.20. The number of hydrogen-bond donors (Lipinski definition) is 1. The van der Waals surface area contributed by atoms with Gasteiger partial charge in [0.05, 0.1) is 19.8 Å². The van der Waals surface area contributed by atoms with Gasteiger partial charge in [0.15, 0.2) is 0 Å². The van der Waals surface area contributed by atoms with E-state index >= 15 is 0 Å². The van der Waals surface area contributed by atoms with E-state index < -0.39 is 19.0 Å². The molecule has 168 valence electrons. The van der Waals surface area contributed by atoms with Gasteiger partial charge in [0.1, 0.15) is 11.9 Å². The molecule has 0 atom stereocenters. The van der Waals surface area contributed by atoms with Crippen LogP contribution in [0.25, 0.3) is 10.9 Å². The number of rotatable bonds is 6. The van der Waals surface area contributed by atoms with Gasteiger partial charge in [-0.05, 0) is 67.1 Å². The predicted molar refractivity (Wildman–Crippen MR) is 122 cm³/mol. The number of carbonyl (C=O) groups is 2. The second kappa shape index (κ2) is 9.34. The maximum absolute atomic E-state index is 12.4. The Kier molecular flexibility index (Phi) is 5.29. The number of carbonyl (C=O) groups excluding carboxylic acids is 2. The van der Waals surface area contributed by atoms with Gasteiger partial charge in [-0.15, -0.1) is 0 Å². The number of aromatic nitrogens is 1. The van der Waals surface area contributed by atoms with E-state index in [1.807, 2.05) is 0 Å². The molecule has 7 heteroatoms. The Morgan fingerprint density at radius 3 is 2.66 bits per heavy atom. The van der Waals surface area contributed by atoms with Gasteiger partial charge in [0.2, 0.25) is 0 Å². The van der Waals surface area contributed by atoms with Crippen molar-refractivity contribution in [2.45, 2.75) is 38.2 Å². The first-order valence-corrected chi connectivity index (χ1v) is 10.6. The molecule has 0 bridgehead atoms. The van der Waals surface area contributed by atoms with Crippen LogP contribution in [0.3, 0.4) is 0 Å². The van der Waals surface area contributed by atoms with Crippen molar-refractivity contribution in [2.24, 2.45) is 6.98 Å². The van der Waals surface area contributed by atoms with Crippen LogP contribution in [0.4, 0.5) is 10.5 Å². The molecule has 1 aromatic heterocycles. The Morgan fingerprint density at radius 1 is 1.12 bits per heavy atom. The lowest BCUT2D eigenvalue weighted by molar-refractivity contribution is 0.0600. The summed E-state index contributed by atoms with van der Waals surface area (Å²) in [5.41, 5.74) is 2.87. The minimum Gasteiger partial charge on any atom is -0.496 e. The van der Waals surface area contributed by atoms with Gasteiger partial charge in [-0.25, -0.2) is 9.59 Å². The number of hydrogen-bond acceptors (Lipinski definition) is 5. The summed E-state index contributed by atoms with van der Waals surface area (Å²) < 4.78 is 40.8. The smallest absolute Gasteiger partial charge is 0.411 e. The molecule has 0 saturated heterocycles. The number of methoxy groups -OCH3 is 2. The highest BCUT2D eigenvalue weighted by Gasteiger charge is 2.19. The van der Waals surface area contributed by atoms with E-state index in [9.17, 15) is 9.59 Å². The molecule has 7 nitrogen and oxygen atoms in total. The standard InChI is InChI=1S/C25H28N2O5/c1-27-15-18(12-16-8-9-17(24(28)31-3)13-23(16)30-2)21-14-19(10-11-22(21)27)26-25(29)32-20-6-4-5-7-20/h8-11,13-15,20H,4-7,12H2,1-3H3,(H,26,29)/i1D3. The van der Waals surface area contributed by atoms with E-state index in [0.717, 1.165) is 36.8 Å². The molecule has 1 aliphatic rings. The fraction of sp³-hybridized carbons (Fsp3) is 0.360. The quantitative estimate of drug-likeness (QED) is 0.544. The second-order valence-corrected chi connectivity index (χ2v) is 7.89. The van der Waals surface area contributed by atoms with Gasteiger partial charge in [0.25, 0.3) is 0 Å². The molecule has 3 aromatic rings. The van der Waals surface area contributed by atoms with Crippen molar-refractivity contribution in [1.82, 2.24) is 4.57 Å². The van der Waals surface area contributed by atoms with Gasteiger partial charge in [-0.2, -0.15) is 0 Å². The van der Waals surface area contributed by atoms with E-state index in [1.165, 1.54) is 18.8 Å². The summed E-state index contributed by atoms with van der Waals surface area (Å²) in [6.07, 6.45) is 5.20. The van der Waals surface area contributed by atoms with Crippen LogP contribution in [-0.2, 0) is 22.9 Å². The predicted octanol–water partition coefficient (Wildman–Crippen LogP) is 5.06. The summed E-state index contributed by atoms with van der Waals surface area (Å²) >= 11 is 0. The van der Waals surface area contributed by atoms with Crippen molar-refractivity contribution < 1.29 is 27.9 Å². The first kappa shape index (κ1) is 18.1. The Bertz CT molecular complexity index is 1250. The lowest BCUT2D eigenvalue weighted by atomic mass is 10.0. The topological polar surface area (TPSA) is 78.8 Å². The summed E-state index contributed by atoms with van der Waals surface area (Å²) in [6, 6.07) is 10.1. The van der Waals surface area contributed by atoms with Crippen LogP contribution in [0.15, 0.2) is 42.6 Å². The van der Waals surface area contributed by atoms with Crippen LogP contribution in [0, 0.1) is 0 Å². The summed E-state index contributed by atoms with van der Waals surface area (Å²) in [6.45, 7) is -2.38. The lowest BCUT2D eigenvalue weighted by Gasteiger charge is -2.12. The van der Waals surface area contributed by atoms with Gasteiger partial charge in [-0.1, -0.05) is 6.07 Å².